The van der Waals surface area contributed by atoms with Crippen molar-refractivity contribution >= 4 is 60.3 Å². The zero-order valence-electron chi connectivity index (χ0n) is 40.0. The van der Waals surface area contributed by atoms with E-state index in [1.807, 2.05) is 31.8 Å². The van der Waals surface area contributed by atoms with Gasteiger partial charge in [-0.25, -0.2) is 20.0 Å². The lowest BCUT2D eigenvalue weighted by molar-refractivity contribution is -0.904. The van der Waals surface area contributed by atoms with Crippen LogP contribution in [0.15, 0.2) is 85.7 Å². The second-order valence-corrected chi connectivity index (χ2v) is 19.2. The van der Waals surface area contributed by atoms with Crippen molar-refractivity contribution in [3.63, 3.8) is 0 Å². The van der Waals surface area contributed by atoms with E-state index in [2.05, 4.69) is 34.9 Å². The van der Waals surface area contributed by atoms with Crippen molar-refractivity contribution in [2.45, 2.75) is 59.7 Å². The first-order valence-corrected chi connectivity index (χ1v) is 23.7. The molecule has 4 aromatic heterocycles. The van der Waals surface area contributed by atoms with Gasteiger partial charge in [0.05, 0.1) is 21.3 Å². The van der Waals surface area contributed by atoms with Crippen molar-refractivity contribution in [1.29, 1.82) is 15.8 Å². The van der Waals surface area contributed by atoms with E-state index in [9.17, 15) is 33.6 Å². The Kier molecular flexibility index (Phi) is 36.5. The topological polar surface area (TPSA) is 294 Å². The maximum absolute atomic E-state index is 11.4. The van der Waals surface area contributed by atoms with Crippen LogP contribution in [0, 0.1) is 33.6 Å². The Morgan fingerprint density at radius 1 is 0.706 bits per heavy atom. The van der Waals surface area contributed by atoms with Crippen LogP contribution < -0.4 is 4.73 Å². The Bertz CT molecular complexity index is 2290. The minimum atomic E-state index is -1.33. The van der Waals surface area contributed by atoms with Crippen LogP contribution in [0.25, 0.3) is 0 Å². The minimum Gasteiger partial charge on any atom is -0.469 e. The summed E-state index contributed by atoms with van der Waals surface area (Å²) in [6.07, 6.45) is 10.4. The molecule has 1 saturated heterocycles. The van der Waals surface area contributed by atoms with Gasteiger partial charge in [0.25, 0.3) is 0 Å². The molecule has 0 spiro atoms. The largest absolute Gasteiger partial charge is 0.507 e. The van der Waals surface area contributed by atoms with Gasteiger partial charge in [-0.05, 0) is 81.6 Å². The van der Waals surface area contributed by atoms with Crippen LogP contribution in [-0.2, 0) is 23.7 Å². The Morgan fingerprint density at radius 3 is 1.38 bits per heavy atom. The van der Waals surface area contributed by atoms with Crippen LogP contribution in [-0.4, -0.2) is 122 Å². The van der Waals surface area contributed by atoms with Crippen molar-refractivity contribution in [3.8, 4) is 17.8 Å². The number of aromatic nitrogens is 4. The first-order chi connectivity index (χ1) is 31.9. The average Bonchev–Trinajstić information content (AvgIpc) is 3.93. The summed E-state index contributed by atoms with van der Waals surface area (Å²) in [6, 6.07) is 16.0. The highest BCUT2D eigenvalue weighted by Gasteiger charge is 2.12. The number of halogens is 1. The fraction of sp³-hybridized carbons (Fsp3) is 0.348. The van der Waals surface area contributed by atoms with Gasteiger partial charge in [-0.1, -0.05) is 19.6 Å². The molecule has 1 aliphatic rings. The number of nitrogens with zero attached hydrogens (tertiary/aromatic N) is 8. The summed E-state index contributed by atoms with van der Waals surface area (Å²) in [5, 5.41) is 33.5. The van der Waals surface area contributed by atoms with E-state index in [1.165, 1.54) is 103 Å². The third-order valence-corrected chi connectivity index (χ3v) is 8.17. The van der Waals surface area contributed by atoms with Crippen molar-refractivity contribution < 1.29 is 62.4 Å². The normalized spacial score (nSPS) is 9.96. The lowest BCUT2D eigenvalue weighted by atomic mass is 10.1. The summed E-state index contributed by atoms with van der Waals surface area (Å²) >= 11 is 4.90. The van der Waals surface area contributed by atoms with E-state index >= 15 is 0 Å². The average molecular weight is 979 g/mol. The molecule has 22 heteroatoms. The summed E-state index contributed by atoms with van der Waals surface area (Å²) in [5.74, 6) is -0.960. The minimum absolute atomic E-state index is 0.000556. The summed E-state index contributed by atoms with van der Waals surface area (Å²) in [5.41, 5.74) is 4.79. The van der Waals surface area contributed by atoms with E-state index < -0.39 is 25.6 Å². The van der Waals surface area contributed by atoms with Crippen LogP contribution >= 0.6 is 11.6 Å². The van der Waals surface area contributed by atoms with Crippen molar-refractivity contribution in [2.75, 3.05) is 48.6 Å². The molecule has 4 aromatic rings. The fourth-order valence-corrected chi connectivity index (χ4v) is 3.51. The molecule has 0 aliphatic carbocycles. The number of hydrogen-bond acceptors (Lipinski definition) is 18. The predicted octanol–water partition coefficient (Wildman–Crippen LogP) is 7.04. The monoisotopic (exact) mass is 977 g/mol. The van der Waals surface area contributed by atoms with Gasteiger partial charge in [0.15, 0.2) is 31.2 Å². The number of methoxy groups -OCH3 is 3. The molecule has 0 saturated carbocycles. The third-order valence-electron chi connectivity index (χ3n) is 7.16. The summed E-state index contributed by atoms with van der Waals surface area (Å²) in [4.78, 5) is 86.4. The van der Waals surface area contributed by atoms with Crippen molar-refractivity contribution in [1.82, 2.24) is 19.9 Å². The quantitative estimate of drug-likeness (QED) is 0.0296. The van der Waals surface area contributed by atoms with Crippen molar-refractivity contribution in [3.05, 3.63) is 119 Å². The van der Waals surface area contributed by atoms with Gasteiger partial charge in [-0.2, -0.15) is 10.5 Å². The molecule has 5 rings (SSSR count). The van der Waals surface area contributed by atoms with Gasteiger partial charge in [0, 0.05) is 96.9 Å². The number of carbonyl (C=O) groups is 7. The molecule has 1 aliphatic heterocycles. The number of ketones is 4. The highest BCUT2D eigenvalue weighted by atomic mass is 35.5. The predicted molar refractivity (Wildman–Crippen MR) is 250 cm³/mol. The molecule has 364 valence electrons. The molecule has 0 bridgehead atoms. The molecular formula is C46H58ClN8O12Si+. The van der Waals surface area contributed by atoms with E-state index in [0.717, 1.165) is 17.9 Å². The maximum atomic E-state index is 11.4. The molecular weight excluding hydrogens is 920 g/mol. The van der Waals surface area contributed by atoms with Crippen LogP contribution in [0.3, 0.4) is 0 Å². The van der Waals surface area contributed by atoms with E-state index in [0.29, 0.717) is 16.7 Å². The number of nitriles is 3. The molecule has 0 unspecified atom stereocenters. The molecule has 0 atom stereocenters. The van der Waals surface area contributed by atoms with Gasteiger partial charge in [0.2, 0.25) is 12.4 Å². The molecule has 0 radical (unpaired) electrons. The summed E-state index contributed by atoms with van der Waals surface area (Å²) < 4.78 is 18.3. The number of hydrogen-bond donors (Lipinski definition) is 1. The highest BCUT2D eigenvalue weighted by molar-refractivity contribution is 6.83. The van der Waals surface area contributed by atoms with Crippen LogP contribution in [0.1, 0.15) is 92.9 Å². The Hall–Kier alpha value is -7.77. The SMILES string of the molecule is C1CCOC1.CC(=O)c1cc[n+](O)cc1.CC(=O)c1ccnc(C#N)c1.CC(=O)c1ccncc1.CN(C)C(=O)Cl.COC(=O)CC(=O)c1ccnc(C#N)c1.COC(=O)OC.C[Si](C)(C)C#N. The first-order valence-electron chi connectivity index (χ1n) is 19.9. The zero-order valence-corrected chi connectivity index (χ0v) is 41.8. The Labute approximate surface area is 402 Å². The summed E-state index contributed by atoms with van der Waals surface area (Å²) in [6.45, 7) is 12.5. The number of ether oxygens (including phenoxy) is 4. The standard InChI is InChI=1S/C10H8N2O3.C8H6N2O.C7H8NO2.C7H7NO.C4H9NSi.C4H8O.C3H6ClNO.C3H6O3/c1-15-10(14)5-9(13)7-2-3-12-8(4-7)6-11;1-6(11)7-2-3-10-8(4-7)5-9;1-6(9)7-2-4-8(10)5-3-7;1-6(9)7-2-4-8-5-3-7;1-6(2,3)4-5;1-2-4-5-3-1;1-5(2)3(4)6;1-5-3(4)6-2/h2-4H,5H2,1H3;2-4H,1H3;2-5,10H,1H3;2-5H,1H3;1-3H3;1-4H2;2*1-2H3/q;;+1;;;;;. The first kappa shape index (κ1) is 64.5. The molecule has 1 fully saturated rings. The number of carbonyl (C=O) groups excluding carboxylic acids is 7. The molecule has 5 heterocycles. The second kappa shape index (κ2) is 38.5. The molecule has 68 heavy (non-hydrogen) atoms. The number of rotatable bonds is 6. The number of Topliss-reactive ketones (excluding diaryl/α,β-unsaturated/α-hetero) is 4. The smallest absolute Gasteiger partial charge is 0.469 e. The number of esters is 1. The Balaban J connectivity index is -0.000000729. The molecule has 0 aromatic carbocycles. The van der Waals surface area contributed by atoms with Gasteiger partial charge >= 0.3 is 17.5 Å². The molecule has 1 N–H and O–H groups in total. The van der Waals surface area contributed by atoms with Crippen LogP contribution in [0.5, 0.6) is 0 Å². The second-order valence-electron chi connectivity index (χ2n) is 14.1. The van der Waals surface area contributed by atoms with Crippen LogP contribution in [0.4, 0.5) is 9.59 Å². The van der Waals surface area contributed by atoms with Crippen molar-refractivity contribution in [2.24, 2.45) is 0 Å². The van der Waals surface area contributed by atoms with Gasteiger partial charge in [-0.3, -0.25) is 39.0 Å². The van der Waals surface area contributed by atoms with E-state index in [4.69, 9.17) is 37.3 Å². The third kappa shape index (κ3) is 36.6. The molecule has 1 amide bonds. The summed E-state index contributed by atoms with van der Waals surface area (Å²) in [7, 11) is 5.58. The van der Waals surface area contributed by atoms with Gasteiger partial charge in [-0.15, -0.1) is 0 Å². The zero-order chi connectivity index (χ0) is 52.7. The number of amides is 1. The van der Waals surface area contributed by atoms with E-state index in [1.54, 1.807) is 56.8 Å². The lowest BCUT2D eigenvalue weighted by Crippen LogP contribution is -2.28. The van der Waals surface area contributed by atoms with E-state index in [-0.39, 0.29) is 46.5 Å². The van der Waals surface area contributed by atoms with Crippen LogP contribution in [0.2, 0.25) is 19.6 Å². The highest BCUT2D eigenvalue weighted by Crippen LogP contribution is 2.05. The van der Waals surface area contributed by atoms with Gasteiger partial charge < -0.3 is 23.8 Å². The molecule has 20 nitrogen and oxygen atoms in total. The maximum Gasteiger partial charge on any atom is 0.507 e. The van der Waals surface area contributed by atoms with Gasteiger partial charge in [0.1, 0.15) is 29.9 Å². The Morgan fingerprint density at radius 2 is 1.09 bits per heavy atom. The number of pyridine rings is 4. The fourth-order valence-electron chi connectivity index (χ4n) is 3.51. The lowest BCUT2D eigenvalue weighted by Gasteiger charge is -1.99.